The maximum atomic E-state index is 13.4. The first kappa shape index (κ1) is 25.9. The highest BCUT2D eigenvalue weighted by Gasteiger charge is 2.22. The summed E-state index contributed by atoms with van der Waals surface area (Å²) < 4.78 is 33.8. The Morgan fingerprint density at radius 2 is 1.79 bits per heavy atom. The fourth-order valence-electron chi connectivity index (χ4n) is 4.19. The SMILES string of the molecule is COc1cc2oc(-c3cccc(NC(=O)c4ccc5c(c4)OCO5)c3)cc(=O)c2c(OCCN(C)C)c1OC. The Bertz CT molecular complexity index is 1590. The van der Waals surface area contributed by atoms with Gasteiger partial charge in [0.25, 0.3) is 5.91 Å². The molecule has 1 N–H and O–H groups in total. The van der Waals surface area contributed by atoms with Crippen LogP contribution in [0.1, 0.15) is 10.4 Å². The number of nitrogens with one attached hydrogen (secondary N) is 1. The summed E-state index contributed by atoms with van der Waals surface area (Å²) in [5.41, 5.74) is 1.52. The van der Waals surface area contributed by atoms with E-state index in [1.807, 2.05) is 19.0 Å². The maximum Gasteiger partial charge on any atom is 0.255 e. The third kappa shape index (κ3) is 5.32. The minimum atomic E-state index is -0.318. The Hall–Kier alpha value is -4.70. The number of likely N-dealkylation sites (N-methyl/N-ethyl adjacent to an activating group) is 1. The molecule has 0 fully saturated rings. The van der Waals surface area contributed by atoms with Gasteiger partial charge in [-0.1, -0.05) is 12.1 Å². The molecule has 202 valence electrons. The highest BCUT2D eigenvalue weighted by atomic mass is 16.7. The number of carbonyl (C=O) groups is 1. The number of hydrogen-bond donors (Lipinski definition) is 1. The van der Waals surface area contributed by atoms with Crippen molar-refractivity contribution >= 4 is 22.6 Å². The van der Waals surface area contributed by atoms with Crippen molar-refractivity contribution in [3.63, 3.8) is 0 Å². The number of fused-ring (bicyclic) bond motifs is 2. The van der Waals surface area contributed by atoms with E-state index in [9.17, 15) is 9.59 Å². The average Bonchev–Trinajstić information content (AvgIpc) is 3.40. The third-order valence-corrected chi connectivity index (χ3v) is 6.14. The highest BCUT2D eigenvalue weighted by Crippen LogP contribution is 2.43. The number of ether oxygens (including phenoxy) is 5. The van der Waals surface area contributed by atoms with Crippen LogP contribution in [0.5, 0.6) is 28.7 Å². The number of methoxy groups -OCH3 is 2. The lowest BCUT2D eigenvalue weighted by molar-refractivity contribution is 0.102. The van der Waals surface area contributed by atoms with E-state index >= 15 is 0 Å². The molecule has 10 nitrogen and oxygen atoms in total. The van der Waals surface area contributed by atoms with Gasteiger partial charge < -0.3 is 38.3 Å². The van der Waals surface area contributed by atoms with Gasteiger partial charge in [0.2, 0.25) is 12.5 Å². The Balaban J connectivity index is 1.48. The number of nitrogens with zero attached hydrogens (tertiary/aromatic N) is 1. The summed E-state index contributed by atoms with van der Waals surface area (Å²) in [6, 6.07) is 15.0. The lowest BCUT2D eigenvalue weighted by Crippen LogP contribution is -2.20. The van der Waals surface area contributed by atoms with Crippen molar-refractivity contribution < 1.29 is 32.9 Å². The zero-order valence-electron chi connectivity index (χ0n) is 22.0. The van der Waals surface area contributed by atoms with Crippen LogP contribution < -0.4 is 34.4 Å². The molecule has 0 aliphatic carbocycles. The number of amides is 1. The zero-order chi connectivity index (χ0) is 27.5. The molecule has 0 radical (unpaired) electrons. The molecule has 0 saturated carbocycles. The van der Waals surface area contributed by atoms with Crippen molar-refractivity contribution in [2.45, 2.75) is 0 Å². The molecule has 39 heavy (non-hydrogen) atoms. The van der Waals surface area contributed by atoms with Gasteiger partial charge in [-0.2, -0.15) is 0 Å². The van der Waals surface area contributed by atoms with Gasteiger partial charge in [0.15, 0.2) is 28.4 Å². The molecule has 0 saturated heterocycles. The third-order valence-electron chi connectivity index (χ3n) is 6.14. The van der Waals surface area contributed by atoms with E-state index in [1.165, 1.54) is 20.3 Å². The average molecular weight is 533 g/mol. The molecule has 5 rings (SSSR count). The van der Waals surface area contributed by atoms with Crippen LogP contribution in [0.4, 0.5) is 5.69 Å². The van der Waals surface area contributed by atoms with E-state index in [-0.39, 0.29) is 34.8 Å². The first-order chi connectivity index (χ1) is 18.9. The second-order valence-corrected chi connectivity index (χ2v) is 9.04. The first-order valence-corrected chi connectivity index (χ1v) is 12.2. The number of rotatable bonds is 9. The molecular formula is C29H28N2O8. The van der Waals surface area contributed by atoms with Gasteiger partial charge >= 0.3 is 0 Å². The summed E-state index contributed by atoms with van der Waals surface area (Å²) >= 11 is 0. The molecule has 0 atom stereocenters. The van der Waals surface area contributed by atoms with Crippen LogP contribution in [0.3, 0.4) is 0 Å². The molecule has 0 unspecified atom stereocenters. The van der Waals surface area contributed by atoms with Crippen molar-refractivity contribution in [2.24, 2.45) is 0 Å². The minimum absolute atomic E-state index is 0.127. The van der Waals surface area contributed by atoms with Gasteiger partial charge in [-0.25, -0.2) is 0 Å². The van der Waals surface area contributed by atoms with Crippen LogP contribution in [-0.2, 0) is 0 Å². The second kappa shape index (κ2) is 11.0. The van der Waals surface area contributed by atoms with Crippen molar-refractivity contribution in [1.82, 2.24) is 4.90 Å². The summed E-state index contributed by atoms with van der Waals surface area (Å²) in [5, 5.41) is 3.12. The Kier molecular flexibility index (Phi) is 7.29. The van der Waals surface area contributed by atoms with E-state index in [4.69, 9.17) is 28.1 Å². The summed E-state index contributed by atoms with van der Waals surface area (Å²) in [5.74, 6) is 2.07. The predicted molar refractivity (Wildman–Crippen MR) is 146 cm³/mol. The Morgan fingerprint density at radius 1 is 0.974 bits per heavy atom. The van der Waals surface area contributed by atoms with Crippen molar-refractivity contribution in [3.05, 3.63) is 70.4 Å². The fraction of sp³-hybridized carbons (Fsp3) is 0.241. The van der Waals surface area contributed by atoms with E-state index < -0.39 is 0 Å². The Labute approximate surface area is 224 Å². The summed E-state index contributed by atoms with van der Waals surface area (Å²) in [6.45, 7) is 1.09. The number of benzene rings is 3. The monoisotopic (exact) mass is 532 g/mol. The standard InChI is InChI=1S/C29H28N2O8/c1-31(2)10-11-36-28-26-20(32)14-22(39-24(26)15-25(34-3)27(28)35-4)17-6-5-7-19(12-17)30-29(33)18-8-9-21-23(13-18)38-16-37-21/h5-9,12-15H,10-11,16H2,1-4H3,(H,30,33). The topological polar surface area (TPSA) is 109 Å². The molecule has 4 aromatic rings. The lowest BCUT2D eigenvalue weighted by Gasteiger charge is -2.17. The molecule has 0 spiro atoms. The molecule has 1 aliphatic heterocycles. The lowest BCUT2D eigenvalue weighted by atomic mass is 10.1. The minimum Gasteiger partial charge on any atom is -0.493 e. The molecule has 10 heteroatoms. The highest BCUT2D eigenvalue weighted by molar-refractivity contribution is 6.05. The van der Waals surface area contributed by atoms with E-state index in [2.05, 4.69) is 5.32 Å². The van der Waals surface area contributed by atoms with Gasteiger partial charge in [-0.3, -0.25) is 9.59 Å². The second-order valence-electron chi connectivity index (χ2n) is 9.04. The van der Waals surface area contributed by atoms with Crippen molar-refractivity contribution in [2.75, 3.05) is 53.6 Å². The quantitative estimate of drug-likeness (QED) is 0.336. The molecule has 1 aromatic heterocycles. The predicted octanol–water partition coefficient (Wildman–Crippen LogP) is 4.40. The van der Waals surface area contributed by atoms with Crippen molar-refractivity contribution in [3.8, 4) is 40.1 Å². The van der Waals surface area contributed by atoms with Crippen LogP contribution in [0.25, 0.3) is 22.3 Å². The molecule has 1 amide bonds. The maximum absolute atomic E-state index is 13.4. The summed E-state index contributed by atoms with van der Waals surface area (Å²) in [6.07, 6.45) is 0. The number of carbonyl (C=O) groups excluding carboxylic acids is 1. The van der Waals surface area contributed by atoms with Gasteiger partial charge in [0, 0.05) is 35.5 Å². The smallest absolute Gasteiger partial charge is 0.255 e. The Morgan fingerprint density at radius 3 is 2.56 bits per heavy atom. The van der Waals surface area contributed by atoms with Gasteiger partial charge in [-0.05, 0) is 44.4 Å². The van der Waals surface area contributed by atoms with E-state index in [1.54, 1.807) is 48.5 Å². The summed E-state index contributed by atoms with van der Waals surface area (Å²) in [4.78, 5) is 28.2. The van der Waals surface area contributed by atoms with Crippen LogP contribution in [-0.4, -0.2) is 59.1 Å². The van der Waals surface area contributed by atoms with Crippen molar-refractivity contribution in [1.29, 1.82) is 0 Å². The van der Waals surface area contributed by atoms with E-state index in [0.717, 1.165) is 0 Å². The molecule has 3 aromatic carbocycles. The normalized spacial score (nSPS) is 12.0. The summed E-state index contributed by atoms with van der Waals surface area (Å²) in [7, 11) is 6.84. The fourth-order valence-corrected chi connectivity index (χ4v) is 4.19. The van der Waals surface area contributed by atoms with Crippen LogP contribution in [0, 0.1) is 0 Å². The van der Waals surface area contributed by atoms with E-state index in [0.29, 0.717) is 58.7 Å². The van der Waals surface area contributed by atoms with Gasteiger partial charge in [-0.15, -0.1) is 0 Å². The molecule has 2 heterocycles. The largest absolute Gasteiger partial charge is 0.493 e. The van der Waals surface area contributed by atoms with Crippen LogP contribution in [0.2, 0.25) is 0 Å². The van der Waals surface area contributed by atoms with Gasteiger partial charge in [0.1, 0.15) is 23.3 Å². The van der Waals surface area contributed by atoms with Crippen LogP contribution >= 0.6 is 0 Å². The number of anilines is 1. The first-order valence-electron chi connectivity index (χ1n) is 12.2. The van der Waals surface area contributed by atoms with Crippen LogP contribution in [0.15, 0.2) is 63.8 Å². The number of hydrogen-bond acceptors (Lipinski definition) is 9. The zero-order valence-corrected chi connectivity index (χ0v) is 22.0. The molecule has 1 aliphatic rings. The molecular weight excluding hydrogens is 504 g/mol. The van der Waals surface area contributed by atoms with Gasteiger partial charge in [0.05, 0.1) is 14.2 Å². The molecule has 0 bridgehead atoms.